The number of halogens is 1. The van der Waals surface area contributed by atoms with E-state index in [-0.39, 0.29) is 17.6 Å². The number of rotatable bonds is 5. The minimum Gasteiger partial charge on any atom is -0.336 e. The number of piperazine rings is 1. The lowest BCUT2D eigenvalue weighted by Crippen LogP contribution is -2.48. The van der Waals surface area contributed by atoms with Crippen LogP contribution >= 0.6 is 0 Å². The van der Waals surface area contributed by atoms with E-state index in [0.717, 1.165) is 19.6 Å². The molecule has 2 heterocycles. The third kappa shape index (κ3) is 4.68. The number of hydrogen-bond acceptors (Lipinski definition) is 5. The molecule has 1 aromatic heterocycles. The summed E-state index contributed by atoms with van der Waals surface area (Å²) in [7, 11) is 0. The van der Waals surface area contributed by atoms with Crippen molar-refractivity contribution < 1.29 is 13.7 Å². The second-order valence-electron chi connectivity index (χ2n) is 8.03. The first kappa shape index (κ1) is 21.0. The van der Waals surface area contributed by atoms with Gasteiger partial charge in [0, 0.05) is 38.3 Å². The van der Waals surface area contributed by atoms with Gasteiger partial charge >= 0.3 is 0 Å². The number of carbonyl (C=O) groups excluding carboxylic acids is 1. The second kappa shape index (κ2) is 9.34. The summed E-state index contributed by atoms with van der Waals surface area (Å²) >= 11 is 0. The van der Waals surface area contributed by atoms with Crippen LogP contribution in [-0.2, 0) is 6.54 Å². The first-order valence-electron chi connectivity index (χ1n) is 10.9. The Morgan fingerprint density at radius 1 is 0.879 bits per heavy atom. The molecule has 1 fully saturated rings. The molecule has 1 aliphatic heterocycles. The van der Waals surface area contributed by atoms with Gasteiger partial charge in [-0.15, -0.1) is 0 Å². The van der Waals surface area contributed by atoms with Crippen LogP contribution in [0.3, 0.4) is 0 Å². The molecule has 0 N–H and O–H groups in total. The zero-order valence-corrected chi connectivity index (χ0v) is 18.0. The van der Waals surface area contributed by atoms with Crippen LogP contribution in [0, 0.1) is 5.82 Å². The van der Waals surface area contributed by atoms with E-state index >= 15 is 0 Å². The lowest BCUT2D eigenvalue weighted by atomic mass is 10.1. The van der Waals surface area contributed by atoms with Crippen molar-refractivity contribution in [1.29, 1.82) is 0 Å². The monoisotopic (exact) mass is 442 g/mol. The van der Waals surface area contributed by atoms with Crippen LogP contribution < -0.4 is 0 Å². The number of benzene rings is 3. The SMILES string of the molecule is O=C(c1ccccc1-c1nc(-c2ccc(F)cc2)no1)N1CCN(Cc2ccccc2)CC1. The third-order valence-corrected chi connectivity index (χ3v) is 5.82. The van der Waals surface area contributed by atoms with Crippen LogP contribution in [0.5, 0.6) is 0 Å². The van der Waals surface area contributed by atoms with E-state index in [1.807, 2.05) is 35.2 Å². The minimum absolute atomic E-state index is 0.0495. The highest BCUT2D eigenvalue weighted by Crippen LogP contribution is 2.26. The van der Waals surface area contributed by atoms with Gasteiger partial charge in [-0.2, -0.15) is 4.98 Å². The number of carbonyl (C=O) groups is 1. The van der Waals surface area contributed by atoms with Crippen molar-refractivity contribution in [2.24, 2.45) is 0 Å². The molecule has 0 aliphatic carbocycles. The molecule has 166 valence electrons. The van der Waals surface area contributed by atoms with Gasteiger partial charge in [0.1, 0.15) is 5.82 Å². The van der Waals surface area contributed by atoms with Gasteiger partial charge < -0.3 is 9.42 Å². The lowest BCUT2D eigenvalue weighted by Gasteiger charge is -2.35. The van der Waals surface area contributed by atoms with E-state index in [9.17, 15) is 9.18 Å². The topological polar surface area (TPSA) is 62.5 Å². The van der Waals surface area contributed by atoms with Crippen molar-refractivity contribution in [3.05, 3.63) is 95.8 Å². The predicted molar refractivity (Wildman–Crippen MR) is 123 cm³/mol. The number of nitrogens with zero attached hydrogens (tertiary/aromatic N) is 4. The molecule has 1 amide bonds. The average molecular weight is 442 g/mol. The van der Waals surface area contributed by atoms with Crippen molar-refractivity contribution in [2.45, 2.75) is 6.54 Å². The molecule has 7 heteroatoms. The Kier molecular flexibility index (Phi) is 5.95. The smallest absolute Gasteiger partial charge is 0.259 e. The maximum absolute atomic E-state index is 13.3. The van der Waals surface area contributed by atoms with Gasteiger partial charge in [-0.05, 0) is 42.0 Å². The second-order valence-corrected chi connectivity index (χ2v) is 8.03. The largest absolute Gasteiger partial charge is 0.336 e. The van der Waals surface area contributed by atoms with Crippen LogP contribution in [0.15, 0.2) is 83.4 Å². The van der Waals surface area contributed by atoms with E-state index in [0.29, 0.717) is 35.6 Å². The molecule has 0 atom stereocenters. The highest BCUT2D eigenvalue weighted by Gasteiger charge is 2.25. The predicted octanol–water partition coefficient (Wildman–Crippen LogP) is 4.50. The zero-order chi connectivity index (χ0) is 22.6. The van der Waals surface area contributed by atoms with E-state index < -0.39 is 0 Å². The Bertz CT molecular complexity index is 1230. The Balaban J connectivity index is 1.30. The zero-order valence-electron chi connectivity index (χ0n) is 18.0. The van der Waals surface area contributed by atoms with Crippen LogP contribution in [0.2, 0.25) is 0 Å². The summed E-state index contributed by atoms with van der Waals surface area (Å²) in [4.78, 5) is 22.0. The molecular formula is C26H23FN4O2. The van der Waals surface area contributed by atoms with Gasteiger partial charge in [0.2, 0.25) is 5.82 Å². The van der Waals surface area contributed by atoms with E-state index in [1.54, 1.807) is 24.3 Å². The molecule has 3 aromatic carbocycles. The number of aromatic nitrogens is 2. The summed E-state index contributed by atoms with van der Waals surface area (Å²) in [5, 5.41) is 4.02. The van der Waals surface area contributed by atoms with Crippen molar-refractivity contribution >= 4 is 5.91 Å². The van der Waals surface area contributed by atoms with E-state index in [2.05, 4.69) is 27.2 Å². The van der Waals surface area contributed by atoms with Crippen molar-refractivity contribution in [3.8, 4) is 22.8 Å². The summed E-state index contributed by atoms with van der Waals surface area (Å²) in [6, 6.07) is 23.5. The highest BCUT2D eigenvalue weighted by molar-refractivity contribution is 6.00. The van der Waals surface area contributed by atoms with Crippen LogP contribution in [0.25, 0.3) is 22.8 Å². The summed E-state index contributed by atoms with van der Waals surface area (Å²) < 4.78 is 18.7. The normalized spacial score (nSPS) is 14.4. The minimum atomic E-state index is -0.331. The molecule has 0 saturated carbocycles. The van der Waals surface area contributed by atoms with E-state index in [1.165, 1.54) is 17.7 Å². The Morgan fingerprint density at radius 3 is 2.33 bits per heavy atom. The molecule has 0 unspecified atom stereocenters. The Hall–Kier alpha value is -3.84. The Morgan fingerprint density at radius 2 is 1.58 bits per heavy atom. The molecule has 1 saturated heterocycles. The van der Waals surface area contributed by atoms with Gasteiger partial charge in [0.05, 0.1) is 11.1 Å². The highest BCUT2D eigenvalue weighted by atomic mass is 19.1. The maximum atomic E-state index is 13.3. The average Bonchev–Trinajstić information content (AvgIpc) is 3.35. The maximum Gasteiger partial charge on any atom is 0.259 e. The molecule has 5 rings (SSSR count). The van der Waals surface area contributed by atoms with Crippen LogP contribution in [-0.4, -0.2) is 52.0 Å². The summed E-state index contributed by atoms with van der Waals surface area (Å²) in [5.41, 5.74) is 3.04. The molecule has 0 bridgehead atoms. The van der Waals surface area contributed by atoms with Gasteiger partial charge in [-0.25, -0.2) is 4.39 Å². The van der Waals surface area contributed by atoms with Crippen molar-refractivity contribution in [1.82, 2.24) is 19.9 Å². The third-order valence-electron chi connectivity index (χ3n) is 5.82. The molecule has 0 spiro atoms. The molecule has 0 radical (unpaired) electrons. The van der Waals surface area contributed by atoms with E-state index in [4.69, 9.17) is 4.52 Å². The fraction of sp³-hybridized carbons (Fsp3) is 0.192. The molecule has 6 nitrogen and oxygen atoms in total. The van der Waals surface area contributed by atoms with Gasteiger partial charge in [-0.1, -0.05) is 47.6 Å². The van der Waals surface area contributed by atoms with Gasteiger partial charge in [0.15, 0.2) is 0 Å². The number of hydrogen-bond donors (Lipinski definition) is 0. The van der Waals surface area contributed by atoms with Gasteiger partial charge in [-0.3, -0.25) is 9.69 Å². The van der Waals surface area contributed by atoms with Gasteiger partial charge in [0.25, 0.3) is 11.8 Å². The standard InChI is InChI=1S/C26H23FN4O2/c27-21-12-10-20(11-13-21)24-28-25(33-29-24)22-8-4-5-9-23(22)26(32)31-16-14-30(15-17-31)18-19-6-2-1-3-7-19/h1-13H,14-18H2. The first-order valence-corrected chi connectivity index (χ1v) is 10.9. The van der Waals surface area contributed by atoms with Crippen molar-refractivity contribution in [3.63, 3.8) is 0 Å². The molecule has 33 heavy (non-hydrogen) atoms. The summed E-state index contributed by atoms with van der Waals surface area (Å²) in [6.45, 7) is 3.83. The fourth-order valence-corrected chi connectivity index (χ4v) is 4.03. The summed E-state index contributed by atoms with van der Waals surface area (Å²) in [6.07, 6.45) is 0. The Labute approximate surface area is 191 Å². The lowest BCUT2D eigenvalue weighted by molar-refractivity contribution is 0.0629. The van der Waals surface area contributed by atoms with Crippen LogP contribution in [0.1, 0.15) is 15.9 Å². The fourth-order valence-electron chi connectivity index (χ4n) is 4.03. The van der Waals surface area contributed by atoms with Crippen molar-refractivity contribution in [2.75, 3.05) is 26.2 Å². The summed E-state index contributed by atoms with van der Waals surface area (Å²) in [5.74, 6) is 0.233. The molecule has 4 aromatic rings. The number of amides is 1. The quantitative estimate of drug-likeness (QED) is 0.455. The molecule has 1 aliphatic rings. The first-order chi connectivity index (χ1) is 16.2. The van der Waals surface area contributed by atoms with Crippen LogP contribution in [0.4, 0.5) is 4.39 Å². The molecular weight excluding hydrogens is 419 g/mol.